The Morgan fingerprint density at radius 2 is 2.20 bits per heavy atom. The fourth-order valence-corrected chi connectivity index (χ4v) is 2.80. The Kier molecular flexibility index (Phi) is 4.06. The van der Waals surface area contributed by atoms with Gasteiger partial charge in [-0.05, 0) is 29.8 Å². The fraction of sp³-hybridized carbons (Fsp3) is 0.300. The molecule has 0 aliphatic carbocycles. The normalized spacial score (nSPS) is 11.8. The topological polar surface area (TPSA) is 121 Å². The zero-order valence-electron chi connectivity index (χ0n) is 10.5. The number of aryl methyl sites for hydroxylation is 1. The smallest absolute Gasteiger partial charge is 0.243 e. The number of aliphatic hydroxyl groups is 1. The number of halogens is 1. The highest BCUT2D eigenvalue weighted by atomic mass is 32.2. The van der Waals surface area contributed by atoms with Crippen LogP contribution in [0.2, 0.25) is 0 Å². The van der Waals surface area contributed by atoms with Crippen molar-refractivity contribution in [1.82, 2.24) is 25.3 Å². The SMILES string of the molecule is Cc1cc(S(=O)(=O)NCCO)c(F)cc1-c1nn[nH]n1. The van der Waals surface area contributed by atoms with Crippen LogP contribution in [-0.2, 0) is 10.0 Å². The van der Waals surface area contributed by atoms with Gasteiger partial charge in [-0.3, -0.25) is 0 Å². The Morgan fingerprint density at radius 3 is 2.80 bits per heavy atom. The van der Waals surface area contributed by atoms with Crippen LogP contribution in [0.5, 0.6) is 0 Å². The van der Waals surface area contributed by atoms with Crippen LogP contribution < -0.4 is 4.72 Å². The van der Waals surface area contributed by atoms with Gasteiger partial charge in [0.2, 0.25) is 15.8 Å². The molecule has 1 aromatic heterocycles. The van der Waals surface area contributed by atoms with Gasteiger partial charge >= 0.3 is 0 Å². The lowest BCUT2D eigenvalue weighted by Gasteiger charge is -2.09. The molecule has 1 aromatic carbocycles. The van der Waals surface area contributed by atoms with Gasteiger partial charge < -0.3 is 5.11 Å². The molecular formula is C10H12FN5O3S. The standard InChI is InChI=1S/C10H12FN5O3S/c1-6-4-9(20(18,19)12-2-3-17)8(11)5-7(6)10-13-15-16-14-10/h4-5,12,17H,2-3H2,1H3,(H,13,14,15,16). The van der Waals surface area contributed by atoms with E-state index in [1.54, 1.807) is 6.92 Å². The summed E-state index contributed by atoms with van der Waals surface area (Å²) < 4.78 is 39.8. The van der Waals surface area contributed by atoms with Crippen LogP contribution in [0.25, 0.3) is 11.4 Å². The molecule has 0 aliphatic rings. The first kappa shape index (κ1) is 14.5. The summed E-state index contributed by atoms with van der Waals surface area (Å²) in [6.07, 6.45) is 0. The second-order valence-corrected chi connectivity index (χ2v) is 5.69. The Labute approximate surface area is 114 Å². The molecule has 20 heavy (non-hydrogen) atoms. The highest BCUT2D eigenvalue weighted by Crippen LogP contribution is 2.25. The number of tetrazole rings is 1. The van der Waals surface area contributed by atoms with Gasteiger partial charge in [0.05, 0.1) is 6.61 Å². The lowest BCUT2D eigenvalue weighted by molar-refractivity contribution is 0.301. The van der Waals surface area contributed by atoms with E-state index in [4.69, 9.17) is 5.11 Å². The van der Waals surface area contributed by atoms with Crippen LogP contribution in [-0.4, -0.2) is 47.3 Å². The minimum Gasteiger partial charge on any atom is -0.395 e. The summed E-state index contributed by atoms with van der Waals surface area (Å²) in [5.74, 6) is -0.755. The number of hydrogen-bond acceptors (Lipinski definition) is 6. The number of aromatic nitrogens is 4. The van der Waals surface area contributed by atoms with Crippen molar-refractivity contribution in [2.45, 2.75) is 11.8 Å². The van der Waals surface area contributed by atoms with Gasteiger partial charge in [-0.1, -0.05) is 0 Å². The fourth-order valence-electron chi connectivity index (χ4n) is 1.64. The van der Waals surface area contributed by atoms with Gasteiger partial charge in [-0.2, -0.15) is 5.21 Å². The lowest BCUT2D eigenvalue weighted by atomic mass is 10.1. The third-order valence-corrected chi connectivity index (χ3v) is 4.03. The van der Waals surface area contributed by atoms with Crippen LogP contribution in [0.4, 0.5) is 4.39 Å². The first-order valence-electron chi connectivity index (χ1n) is 5.60. The number of aliphatic hydroxyl groups excluding tert-OH is 1. The maximum absolute atomic E-state index is 14.0. The van der Waals surface area contributed by atoms with E-state index in [2.05, 4.69) is 25.3 Å². The average Bonchev–Trinajstić information content (AvgIpc) is 2.92. The highest BCUT2D eigenvalue weighted by molar-refractivity contribution is 7.89. The quantitative estimate of drug-likeness (QED) is 0.690. The Balaban J connectivity index is 2.46. The first-order chi connectivity index (χ1) is 9.45. The Morgan fingerprint density at radius 1 is 1.45 bits per heavy atom. The van der Waals surface area contributed by atoms with Crippen molar-refractivity contribution in [2.24, 2.45) is 0 Å². The Bertz CT molecular complexity index is 702. The number of rotatable bonds is 5. The van der Waals surface area contributed by atoms with Crippen molar-refractivity contribution >= 4 is 10.0 Å². The number of nitrogens with one attached hydrogen (secondary N) is 2. The summed E-state index contributed by atoms with van der Waals surface area (Å²) in [6.45, 7) is 1.05. The molecule has 3 N–H and O–H groups in total. The molecule has 0 radical (unpaired) electrons. The maximum atomic E-state index is 14.0. The predicted octanol–water partition coefficient (Wildman–Crippen LogP) is -0.415. The molecule has 0 amide bonds. The van der Waals surface area contributed by atoms with Gasteiger partial charge in [0.1, 0.15) is 10.7 Å². The molecule has 0 saturated carbocycles. The van der Waals surface area contributed by atoms with Crippen LogP contribution >= 0.6 is 0 Å². The van der Waals surface area contributed by atoms with Gasteiger partial charge in [0.25, 0.3) is 0 Å². The molecule has 2 aromatic rings. The minimum atomic E-state index is -4.01. The molecular weight excluding hydrogens is 289 g/mol. The lowest BCUT2D eigenvalue weighted by Crippen LogP contribution is -2.27. The van der Waals surface area contributed by atoms with Crippen molar-refractivity contribution in [1.29, 1.82) is 0 Å². The van der Waals surface area contributed by atoms with Gasteiger partial charge in [-0.15, -0.1) is 10.2 Å². The molecule has 10 heteroatoms. The van der Waals surface area contributed by atoms with Crippen molar-refractivity contribution in [3.8, 4) is 11.4 Å². The molecule has 0 bridgehead atoms. The third kappa shape index (κ3) is 2.81. The van der Waals surface area contributed by atoms with E-state index in [0.717, 1.165) is 6.07 Å². The van der Waals surface area contributed by atoms with E-state index in [1.807, 2.05) is 0 Å². The van der Waals surface area contributed by atoms with Crippen molar-refractivity contribution in [3.05, 3.63) is 23.5 Å². The highest BCUT2D eigenvalue weighted by Gasteiger charge is 2.21. The number of H-pyrrole nitrogens is 1. The number of aromatic amines is 1. The Hall–Kier alpha value is -1.91. The second kappa shape index (κ2) is 5.61. The van der Waals surface area contributed by atoms with E-state index in [1.165, 1.54) is 6.07 Å². The van der Waals surface area contributed by atoms with Crippen LogP contribution in [0, 0.1) is 12.7 Å². The molecule has 108 valence electrons. The molecule has 2 rings (SSSR count). The molecule has 0 aliphatic heterocycles. The average molecular weight is 301 g/mol. The molecule has 1 heterocycles. The summed E-state index contributed by atoms with van der Waals surface area (Å²) in [6, 6.07) is 2.22. The summed E-state index contributed by atoms with van der Waals surface area (Å²) in [5.41, 5.74) is 0.828. The molecule has 0 atom stereocenters. The zero-order chi connectivity index (χ0) is 14.8. The van der Waals surface area contributed by atoms with E-state index < -0.39 is 20.7 Å². The van der Waals surface area contributed by atoms with E-state index in [-0.39, 0.29) is 19.0 Å². The van der Waals surface area contributed by atoms with E-state index in [0.29, 0.717) is 11.1 Å². The number of hydrogen-bond donors (Lipinski definition) is 3. The second-order valence-electron chi connectivity index (χ2n) is 3.95. The van der Waals surface area contributed by atoms with Crippen molar-refractivity contribution in [2.75, 3.05) is 13.2 Å². The largest absolute Gasteiger partial charge is 0.395 e. The van der Waals surface area contributed by atoms with Crippen LogP contribution in [0.15, 0.2) is 17.0 Å². The molecule has 0 spiro atoms. The van der Waals surface area contributed by atoms with Crippen molar-refractivity contribution in [3.63, 3.8) is 0 Å². The van der Waals surface area contributed by atoms with Gasteiger partial charge in [0, 0.05) is 12.1 Å². The zero-order valence-corrected chi connectivity index (χ0v) is 11.3. The molecule has 8 nitrogen and oxygen atoms in total. The van der Waals surface area contributed by atoms with Crippen LogP contribution in [0.3, 0.4) is 0 Å². The summed E-state index contributed by atoms with van der Waals surface area (Å²) in [5, 5.41) is 21.7. The molecule has 0 saturated heterocycles. The first-order valence-corrected chi connectivity index (χ1v) is 7.08. The third-order valence-electron chi connectivity index (χ3n) is 2.56. The van der Waals surface area contributed by atoms with E-state index >= 15 is 0 Å². The number of sulfonamides is 1. The monoisotopic (exact) mass is 301 g/mol. The predicted molar refractivity (Wildman–Crippen MR) is 66.6 cm³/mol. The minimum absolute atomic E-state index is 0.175. The van der Waals surface area contributed by atoms with Crippen LogP contribution in [0.1, 0.15) is 5.56 Å². The number of nitrogens with zero attached hydrogens (tertiary/aromatic N) is 3. The summed E-state index contributed by atoms with van der Waals surface area (Å²) in [4.78, 5) is -0.490. The van der Waals surface area contributed by atoms with Crippen molar-refractivity contribution < 1.29 is 17.9 Å². The number of benzene rings is 1. The van der Waals surface area contributed by atoms with E-state index in [9.17, 15) is 12.8 Å². The maximum Gasteiger partial charge on any atom is 0.243 e. The van der Waals surface area contributed by atoms with Gasteiger partial charge in [-0.25, -0.2) is 17.5 Å². The molecule has 0 unspecified atom stereocenters. The van der Waals surface area contributed by atoms with Gasteiger partial charge in [0.15, 0.2) is 0 Å². The summed E-state index contributed by atoms with van der Waals surface area (Å²) in [7, 11) is -4.01. The summed E-state index contributed by atoms with van der Waals surface area (Å²) >= 11 is 0. The molecule has 0 fully saturated rings.